The van der Waals surface area contributed by atoms with Gasteiger partial charge >= 0.3 is 6.01 Å². The van der Waals surface area contributed by atoms with Crippen LogP contribution >= 0.6 is 0 Å². The molecule has 26 heavy (non-hydrogen) atoms. The number of nitrogens with one attached hydrogen (secondary N) is 1. The molecule has 1 fully saturated rings. The molecule has 2 heterocycles. The Bertz CT molecular complexity index is 792. The van der Waals surface area contributed by atoms with E-state index in [-0.39, 0.29) is 30.9 Å². The van der Waals surface area contributed by atoms with E-state index < -0.39 is 5.82 Å². The highest BCUT2D eigenvalue weighted by atomic mass is 19.1. The first-order valence-corrected chi connectivity index (χ1v) is 8.52. The Hall–Kier alpha value is -2.90. The minimum atomic E-state index is -0.493. The van der Waals surface area contributed by atoms with Crippen LogP contribution in [0.15, 0.2) is 30.6 Å². The number of halogens is 1. The number of carbonyl (C=O) groups is 1. The lowest BCUT2D eigenvalue weighted by Crippen LogP contribution is -2.39. The van der Waals surface area contributed by atoms with Crippen molar-refractivity contribution in [2.75, 3.05) is 6.79 Å². The summed E-state index contributed by atoms with van der Waals surface area (Å²) in [6.45, 7) is 0.183. The van der Waals surface area contributed by atoms with Crippen LogP contribution in [0.4, 0.5) is 4.39 Å². The van der Waals surface area contributed by atoms with Crippen LogP contribution in [-0.2, 0) is 0 Å². The Labute approximate surface area is 149 Å². The summed E-state index contributed by atoms with van der Waals surface area (Å²) in [6.07, 6.45) is 5.27. The number of nitrogens with zero attached hydrogens (tertiary/aromatic N) is 2. The molecule has 0 bridgehead atoms. The first-order chi connectivity index (χ1) is 12.7. The van der Waals surface area contributed by atoms with E-state index >= 15 is 0 Å². The van der Waals surface area contributed by atoms with Gasteiger partial charge in [-0.15, -0.1) is 0 Å². The first-order valence-electron chi connectivity index (χ1n) is 8.52. The molecular weight excluding hydrogens is 341 g/mol. The second-order valence-corrected chi connectivity index (χ2v) is 6.32. The zero-order valence-corrected chi connectivity index (χ0v) is 14.0. The van der Waals surface area contributed by atoms with Crippen molar-refractivity contribution in [3.8, 4) is 17.5 Å². The summed E-state index contributed by atoms with van der Waals surface area (Å²) in [5, 5.41) is 3.05. The van der Waals surface area contributed by atoms with Crippen molar-refractivity contribution in [3.05, 3.63) is 42.0 Å². The highest BCUT2D eigenvalue weighted by molar-refractivity contribution is 5.95. The predicted octanol–water partition coefficient (Wildman–Crippen LogP) is 2.46. The van der Waals surface area contributed by atoms with E-state index in [1.807, 2.05) is 0 Å². The average Bonchev–Trinajstić information content (AvgIpc) is 3.13. The van der Waals surface area contributed by atoms with Crippen LogP contribution in [-0.4, -0.2) is 34.8 Å². The summed E-state index contributed by atoms with van der Waals surface area (Å²) >= 11 is 0. The largest absolute Gasteiger partial charge is 0.460 e. The maximum absolute atomic E-state index is 12.8. The first kappa shape index (κ1) is 16.6. The van der Waals surface area contributed by atoms with Crippen molar-refractivity contribution in [1.82, 2.24) is 15.3 Å². The van der Waals surface area contributed by atoms with Crippen LogP contribution in [0.1, 0.15) is 36.0 Å². The number of hydrogen-bond donors (Lipinski definition) is 1. The third-order valence-electron chi connectivity index (χ3n) is 4.51. The summed E-state index contributed by atoms with van der Waals surface area (Å²) in [4.78, 5) is 20.0. The normalized spacial score (nSPS) is 21.3. The molecule has 2 aliphatic rings. The molecule has 2 aromatic rings. The topological polar surface area (TPSA) is 82.6 Å². The van der Waals surface area contributed by atoms with Crippen LogP contribution in [0.3, 0.4) is 0 Å². The molecule has 1 amide bonds. The van der Waals surface area contributed by atoms with Gasteiger partial charge in [0.15, 0.2) is 17.3 Å². The van der Waals surface area contributed by atoms with E-state index in [0.717, 1.165) is 38.1 Å². The molecular formula is C18H18FN3O4. The van der Waals surface area contributed by atoms with Gasteiger partial charge in [-0.25, -0.2) is 14.4 Å². The van der Waals surface area contributed by atoms with Crippen molar-refractivity contribution < 1.29 is 23.4 Å². The second kappa shape index (κ2) is 7.15. The lowest BCUT2D eigenvalue weighted by molar-refractivity contribution is 0.0884. The van der Waals surface area contributed by atoms with Gasteiger partial charge in [-0.05, 0) is 43.9 Å². The minimum Gasteiger partial charge on any atom is -0.460 e. The summed E-state index contributed by atoms with van der Waals surface area (Å²) in [7, 11) is 0. The minimum absolute atomic E-state index is 0.0286. The Balaban J connectivity index is 1.28. The molecule has 1 saturated carbocycles. The molecule has 0 spiro atoms. The molecule has 0 radical (unpaired) electrons. The summed E-state index contributed by atoms with van der Waals surface area (Å²) in [6, 6.07) is 5.42. The molecule has 4 rings (SSSR count). The van der Waals surface area contributed by atoms with Gasteiger partial charge in [0.25, 0.3) is 5.91 Å². The van der Waals surface area contributed by atoms with Crippen molar-refractivity contribution in [2.24, 2.45) is 0 Å². The van der Waals surface area contributed by atoms with Crippen LogP contribution in [0.25, 0.3) is 0 Å². The number of carbonyl (C=O) groups excluding carboxylic acids is 1. The quantitative estimate of drug-likeness (QED) is 0.903. The van der Waals surface area contributed by atoms with Crippen molar-refractivity contribution in [1.29, 1.82) is 0 Å². The van der Waals surface area contributed by atoms with E-state index in [4.69, 9.17) is 14.2 Å². The number of fused-ring (bicyclic) bond motifs is 1. The van der Waals surface area contributed by atoms with E-state index in [1.165, 1.54) is 0 Å². The highest BCUT2D eigenvalue weighted by Crippen LogP contribution is 2.32. The van der Waals surface area contributed by atoms with Gasteiger partial charge in [0, 0.05) is 11.6 Å². The summed E-state index contributed by atoms with van der Waals surface area (Å²) in [5.41, 5.74) is 0.548. The standard InChI is InChI=1S/C18H18FN3O4/c19-12-8-20-18(21-9-12)26-14-4-2-13(3-5-14)22-17(23)11-1-6-15-16(7-11)25-10-24-15/h1,6-9,13-14H,2-5,10H2,(H,22,23). The Morgan fingerprint density at radius 3 is 2.62 bits per heavy atom. The molecule has 1 aromatic heterocycles. The maximum Gasteiger partial charge on any atom is 0.316 e. The number of amides is 1. The zero-order valence-electron chi connectivity index (χ0n) is 14.0. The predicted molar refractivity (Wildman–Crippen MR) is 88.7 cm³/mol. The molecule has 1 aliphatic carbocycles. The van der Waals surface area contributed by atoms with Crippen LogP contribution in [0.5, 0.6) is 17.5 Å². The number of hydrogen-bond acceptors (Lipinski definition) is 6. The summed E-state index contributed by atoms with van der Waals surface area (Å²) < 4.78 is 29.0. The highest BCUT2D eigenvalue weighted by Gasteiger charge is 2.25. The van der Waals surface area contributed by atoms with Crippen molar-refractivity contribution >= 4 is 5.91 Å². The molecule has 0 unspecified atom stereocenters. The fourth-order valence-electron chi connectivity index (χ4n) is 3.14. The van der Waals surface area contributed by atoms with Gasteiger partial charge in [-0.1, -0.05) is 0 Å². The molecule has 7 nitrogen and oxygen atoms in total. The SMILES string of the molecule is O=C(NC1CCC(Oc2ncc(F)cn2)CC1)c1ccc2c(c1)OCO2. The molecule has 0 atom stereocenters. The monoisotopic (exact) mass is 359 g/mol. The lowest BCUT2D eigenvalue weighted by atomic mass is 9.92. The molecule has 8 heteroatoms. The fraction of sp³-hybridized carbons (Fsp3) is 0.389. The van der Waals surface area contributed by atoms with E-state index in [0.29, 0.717) is 17.1 Å². The zero-order chi connectivity index (χ0) is 17.9. The van der Waals surface area contributed by atoms with Gasteiger partial charge in [-0.2, -0.15) is 0 Å². The third-order valence-corrected chi connectivity index (χ3v) is 4.51. The van der Waals surface area contributed by atoms with E-state index in [9.17, 15) is 9.18 Å². The van der Waals surface area contributed by atoms with Gasteiger partial charge < -0.3 is 19.5 Å². The van der Waals surface area contributed by atoms with Crippen molar-refractivity contribution in [2.45, 2.75) is 37.8 Å². The lowest BCUT2D eigenvalue weighted by Gasteiger charge is -2.28. The van der Waals surface area contributed by atoms with Crippen LogP contribution in [0, 0.1) is 5.82 Å². The fourth-order valence-corrected chi connectivity index (χ4v) is 3.14. The van der Waals surface area contributed by atoms with E-state index in [2.05, 4.69) is 15.3 Å². The number of aromatic nitrogens is 2. The molecule has 0 saturated heterocycles. The Morgan fingerprint density at radius 2 is 1.85 bits per heavy atom. The maximum atomic E-state index is 12.8. The summed E-state index contributed by atoms with van der Waals surface area (Å²) in [5.74, 6) is 0.623. The molecule has 1 N–H and O–H groups in total. The average molecular weight is 359 g/mol. The molecule has 1 aliphatic heterocycles. The van der Waals surface area contributed by atoms with Gasteiger partial charge in [-0.3, -0.25) is 4.79 Å². The smallest absolute Gasteiger partial charge is 0.316 e. The van der Waals surface area contributed by atoms with Gasteiger partial charge in [0.1, 0.15) is 6.10 Å². The van der Waals surface area contributed by atoms with Gasteiger partial charge in [0.2, 0.25) is 6.79 Å². The molecule has 136 valence electrons. The molecule has 1 aromatic carbocycles. The number of ether oxygens (including phenoxy) is 3. The van der Waals surface area contributed by atoms with Crippen LogP contribution in [0.2, 0.25) is 0 Å². The number of benzene rings is 1. The Kier molecular flexibility index (Phi) is 4.55. The Morgan fingerprint density at radius 1 is 1.12 bits per heavy atom. The van der Waals surface area contributed by atoms with Crippen molar-refractivity contribution in [3.63, 3.8) is 0 Å². The van der Waals surface area contributed by atoms with Crippen LogP contribution < -0.4 is 19.5 Å². The van der Waals surface area contributed by atoms with E-state index in [1.54, 1.807) is 18.2 Å². The van der Waals surface area contributed by atoms with Gasteiger partial charge in [0.05, 0.1) is 12.4 Å². The number of rotatable bonds is 4. The second-order valence-electron chi connectivity index (χ2n) is 6.32. The third kappa shape index (κ3) is 3.68.